The van der Waals surface area contributed by atoms with Crippen LogP contribution in [0.4, 0.5) is 0 Å². The molecule has 3 heteroatoms. The first-order valence-electron chi connectivity index (χ1n) is 6.97. The van der Waals surface area contributed by atoms with Gasteiger partial charge in [0.1, 0.15) is 6.42 Å². The molecule has 104 valence electrons. The van der Waals surface area contributed by atoms with Crippen LogP contribution in [0, 0.1) is 0 Å². The highest BCUT2D eigenvalue weighted by Gasteiger charge is 2.09. The highest BCUT2D eigenvalue weighted by molar-refractivity contribution is 6.05. The minimum absolute atomic E-state index is 0.331. The van der Waals surface area contributed by atoms with Crippen molar-refractivity contribution in [3.05, 3.63) is 35.4 Å². The van der Waals surface area contributed by atoms with E-state index in [-0.39, 0.29) is 5.78 Å². The van der Waals surface area contributed by atoms with Crippen molar-refractivity contribution < 1.29 is 14.7 Å². The van der Waals surface area contributed by atoms with Crippen LogP contribution in [0.3, 0.4) is 0 Å². The van der Waals surface area contributed by atoms with Crippen molar-refractivity contribution in [1.29, 1.82) is 0 Å². The van der Waals surface area contributed by atoms with Crippen LogP contribution in [0.5, 0.6) is 0 Å². The van der Waals surface area contributed by atoms with Gasteiger partial charge in [0.2, 0.25) is 0 Å². The fraction of sp³-hybridized carbons (Fsp3) is 0.500. The van der Waals surface area contributed by atoms with Gasteiger partial charge in [-0.1, -0.05) is 56.9 Å². The Morgan fingerprint density at radius 2 is 1.63 bits per heavy atom. The van der Waals surface area contributed by atoms with Gasteiger partial charge in [-0.3, -0.25) is 9.59 Å². The molecule has 0 radical (unpaired) electrons. The van der Waals surface area contributed by atoms with E-state index in [4.69, 9.17) is 5.11 Å². The fourth-order valence-corrected chi connectivity index (χ4v) is 2.03. The minimum Gasteiger partial charge on any atom is -0.481 e. The van der Waals surface area contributed by atoms with Crippen LogP contribution < -0.4 is 0 Å². The summed E-state index contributed by atoms with van der Waals surface area (Å²) >= 11 is 0. The first-order chi connectivity index (χ1) is 9.13. The monoisotopic (exact) mass is 262 g/mol. The van der Waals surface area contributed by atoms with Gasteiger partial charge in [0.05, 0.1) is 0 Å². The molecule has 0 unspecified atom stereocenters. The molecule has 0 saturated carbocycles. The molecule has 0 spiro atoms. The lowest BCUT2D eigenvalue weighted by Crippen LogP contribution is -2.06. The van der Waals surface area contributed by atoms with E-state index >= 15 is 0 Å². The third-order valence-corrected chi connectivity index (χ3v) is 3.16. The summed E-state index contributed by atoms with van der Waals surface area (Å²) in [4.78, 5) is 22.0. The molecule has 19 heavy (non-hydrogen) atoms. The number of carbonyl (C=O) groups is 2. The Hall–Kier alpha value is -1.64. The smallest absolute Gasteiger partial charge is 0.311 e. The van der Waals surface area contributed by atoms with Crippen LogP contribution in [-0.2, 0) is 11.2 Å². The number of hydrogen-bond acceptors (Lipinski definition) is 2. The molecule has 0 saturated heterocycles. The van der Waals surface area contributed by atoms with E-state index in [0.29, 0.717) is 5.56 Å². The fourth-order valence-electron chi connectivity index (χ4n) is 2.03. The molecule has 0 fully saturated rings. The van der Waals surface area contributed by atoms with E-state index in [0.717, 1.165) is 6.42 Å². The van der Waals surface area contributed by atoms with E-state index in [9.17, 15) is 9.59 Å². The van der Waals surface area contributed by atoms with Gasteiger partial charge in [0.25, 0.3) is 0 Å². The van der Waals surface area contributed by atoms with Crippen LogP contribution in [0.2, 0.25) is 0 Å². The summed E-state index contributed by atoms with van der Waals surface area (Å²) in [6.45, 7) is 2.20. The molecular formula is C16H22O3. The molecule has 0 aliphatic carbocycles. The first-order valence-corrected chi connectivity index (χ1v) is 6.97. The zero-order chi connectivity index (χ0) is 14.1. The van der Waals surface area contributed by atoms with Crippen LogP contribution in [0.25, 0.3) is 0 Å². The standard InChI is InChI=1S/C16H22O3/c1-2-3-4-5-6-7-13-8-10-14(11-9-13)15(17)12-16(18)19/h8-11H,2-7,12H2,1H3,(H,18,19). The second kappa shape index (κ2) is 8.46. The number of carboxylic acids is 1. The predicted molar refractivity (Wildman–Crippen MR) is 75.5 cm³/mol. The number of aryl methyl sites for hydroxylation is 1. The van der Waals surface area contributed by atoms with Crippen LogP contribution in [0.1, 0.15) is 61.4 Å². The van der Waals surface area contributed by atoms with Crippen molar-refractivity contribution in [2.75, 3.05) is 0 Å². The molecular weight excluding hydrogens is 240 g/mol. The topological polar surface area (TPSA) is 54.4 Å². The van der Waals surface area contributed by atoms with Crippen LogP contribution >= 0.6 is 0 Å². The van der Waals surface area contributed by atoms with Crippen molar-refractivity contribution in [1.82, 2.24) is 0 Å². The largest absolute Gasteiger partial charge is 0.481 e. The zero-order valence-corrected chi connectivity index (χ0v) is 11.5. The Morgan fingerprint density at radius 1 is 1.00 bits per heavy atom. The molecule has 1 N–H and O–H groups in total. The molecule has 0 aromatic heterocycles. The second-order valence-electron chi connectivity index (χ2n) is 4.85. The number of hydrogen-bond donors (Lipinski definition) is 1. The lowest BCUT2D eigenvalue weighted by atomic mass is 10.0. The molecule has 1 rings (SSSR count). The van der Waals surface area contributed by atoms with Gasteiger partial charge < -0.3 is 5.11 Å². The lowest BCUT2D eigenvalue weighted by Gasteiger charge is -2.03. The van der Waals surface area contributed by atoms with Crippen molar-refractivity contribution in [2.24, 2.45) is 0 Å². The minimum atomic E-state index is -1.08. The summed E-state index contributed by atoms with van der Waals surface area (Å²) in [5.74, 6) is -1.41. The number of unbranched alkanes of at least 4 members (excludes halogenated alkanes) is 4. The van der Waals surface area contributed by atoms with Gasteiger partial charge in [-0.2, -0.15) is 0 Å². The van der Waals surface area contributed by atoms with Gasteiger partial charge >= 0.3 is 5.97 Å². The molecule has 0 heterocycles. The third kappa shape index (κ3) is 6.18. The van der Waals surface area contributed by atoms with Crippen molar-refractivity contribution in [3.63, 3.8) is 0 Å². The number of carboxylic acid groups (broad SMARTS) is 1. The molecule has 1 aromatic carbocycles. The van der Waals surface area contributed by atoms with Crippen molar-refractivity contribution in [2.45, 2.75) is 51.9 Å². The maximum atomic E-state index is 11.5. The molecule has 1 aromatic rings. The average Bonchev–Trinajstić information content (AvgIpc) is 2.38. The van der Waals surface area contributed by atoms with E-state index in [2.05, 4.69) is 6.92 Å². The van der Waals surface area contributed by atoms with Crippen molar-refractivity contribution >= 4 is 11.8 Å². The van der Waals surface area contributed by atoms with Gasteiger partial charge in [0, 0.05) is 5.56 Å². The molecule has 0 aliphatic rings. The normalized spacial score (nSPS) is 10.4. The van der Waals surface area contributed by atoms with Crippen molar-refractivity contribution in [3.8, 4) is 0 Å². The molecule has 0 aliphatic heterocycles. The summed E-state index contributed by atoms with van der Waals surface area (Å²) in [5, 5.41) is 8.57. The van der Waals surface area contributed by atoms with E-state index in [1.165, 1.54) is 37.7 Å². The molecule has 0 bridgehead atoms. The Labute approximate surface area is 114 Å². The van der Waals surface area contributed by atoms with Gasteiger partial charge in [0.15, 0.2) is 5.78 Å². The summed E-state index contributed by atoms with van der Waals surface area (Å²) in [6, 6.07) is 7.31. The molecule has 0 amide bonds. The Balaban J connectivity index is 2.39. The van der Waals surface area contributed by atoms with Gasteiger partial charge in [-0.25, -0.2) is 0 Å². The number of ketones is 1. The second-order valence-corrected chi connectivity index (χ2v) is 4.85. The Bertz CT molecular complexity index is 407. The quantitative estimate of drug-likeness (QED) is 0.417. The number of Topliss-reactive ketones (excluding diaryl/α,β-unsaturated/α-hetero) is 1. The highest BCUT2D eigenvalue weighted by Crippen LogP contribution is 2.11. The number of aliphatic carboxylic acids is 1. The zero-order valence-electron chi connectivity index (χ0n) is 11.5. The number of rotatable bonds is 9. The summed E-state index contributed by atoms with van der Waals surface area (Å²) in [5.41, 5.74) is 1.69. The van der Waals surface area contributed by atoms with Crippen LogP contribution in [0.15, 0.2) is 24.3 Å². The molecule has 3 nitrogen and oxygen atoms in total. The van der Waals surface area contributed by atoms with E-state index in [1.54, 1.807) is 12.1 Å². The van der Waals surface area contributed by atoms with E-state index in [1.807, 2.05) is 12.1 Å². The molecule has 0 atom stereocenters. The van der Waals surface area contributed by atoms with Gasteiger partial charge in [-0.15, -0.1) is 0 Å². The average molecular weight is 262 g/mol. The maximum Gasteiger partial charge on any atom is 0.311 e. The van der Waals surface area contributed by atoms with Crippen LogP contribution in [-0.4, -0.2) is 16.9 Å². The van der Waals surface area contributed by atoms with E-state index < -0.39 is 12.4 Å². The summed E-state index contributed by atoms with van der Waals surface area (Å²) < 4.78 is 0. The Kier molecular flexibility index (Phi) is 6.86. The van der Waals surface area contributed by atoms with Gasteiger partial charge in [-0.05, 0) is 18.4 Å². The first kappa shape index (κ1) is 15.4. The summed E-state index contributed by atoms with van der Waals surface area (Å²) in [7, 11) is 0. The third-order valence-electron chi connectivity index (χ3n) is 3.16. The Morgan fingerprint density at radius 3 is 2.21 bits per heavy atom. The number of benzene rings is 1. The number of carbonyl (C=O) groups excluding carboxylic acids is 1. The highest BCUT2D eigenvalue weighted by atomic mass is 16.4. The lowest BCUT2D eigenvalue weighted by molar-refractivity contribution is -0.135. The maximum absolute atomic E-state index is 11.5. The predicted octanol–water partition coefficient (Wildman–Crippen LogP) is 3.86. The SMILES string of the molecule is CCCCCCCc1ccc(C(=O)CC(=O)O)cc1. The summed E-state index contributed by atoms with van der Waals surface area (Å²) in [6.07, 6.45) is 6.83.